The lowest BCUT2D eigenvalue weighted by molar-refractivity contribution is -0.137. The van der Waals surface area contributed by atoms with E-state index in [1.54, 1.807) is 13.0 Å². The summed E-state index contributed by atoms with van der Waals surface area (Å²) in [6.07, 6.45) is 0.00439. The molecule has 0 saturated carbocycles. The second-order valence-corrected chi connectivity index (χ2v) is 6.60. The molecule has 0 fully saturated rings. The molecule has 1 atom stereocenters. The standard InChI is InChI=1S/C21H21NO4/c1-12-5-4-6-13(2)21(12)17-11-20(25)26-18-10-15(7-8-16(17)18)22-14(3)9-19(23)24/h4-8,10-11,14,22H,9H2,1-3H3,(H,23,24). The van der Waals surface area contributed by atoms with Crippen LogP contribution in [0.4, 0.5) is 5.69 Å². The highest BCUT2D eigenvalue weighted by atomic mass is 16.4. The van der Waals surface area contributed by atoms with Gasteiger partial charge in [-0.15, -0.1) is 0 Å². The van der Waals surface area contributed by atoms with Crippen LogP contribution in [-0.2, 0) is 4.79 Å². The summed E-state index contributed by atoms with van der Waals surface area (Å²) >= 11 is 0. The molecule has 0 radical (unpaired) electrons. The Labute approximate surface area is 151 Å². The zero-order chi connectivity index (χ0) is 18.8. The molecule has 2 aromatic carbocycles. The molecule has 5 heteroatoms. The van der Waals surface area contributed by atoms with E-state index < -0.39 is 11.6 Å². The van der Waals surface area contributed by atoms with E-state index in [4.69, 9.17) is 9.52 Å². The van der Waals surface area contributed by atoms with Crippen molar-refractivity contribution in [1.82, 2.24) is 0 Å². The van der Waals surface area contributed by atoms with Gasteiger partial charge in [0.1, 0.15) is 5.58 Å². The number of carboxylic acids is 1. The van der Waals surface area contributed by atoms with Crippen LogP contribution in [0.1, 0.15) is 24.5 Å². The minimum atomic E-state index is -0.866. The van der Waals surface area contributed by atoms with Gasteiger partial charge in [-0.25, -0.2) is 4.79 Å². The number of hydrogen-bond donors (Lipinski definition) is 2. The number of carboxylic acid groups (broad SMARTS) is 1. The van der Waals surface area contributed by atoms with Crippen molar-refractivity contribution in [2.24, 2.45) is 0 Å². The smallest absolute Gasteiger partial charge is 0.336 e. The maximum Gasteiger partial charge on any atom is 0.336 e. The SMILES string of the molecule is Cc1cccc(C)c1-c1cc(=O)oc2cc(NC(C)CC(=O)O)ccc12. The van der Waals surface area contributed by atoms with Gasteiger partial charge in [0.15, 0.2) is 0 Å². The largest absolute Gasteiger partial charge is 0.481 e. The molecule has 5 nitrogen and oxygen atoms in total. The average Bonchev–Trinajstić information content (AvgIpc) is 2.53. The van der Waals surface area contributed by atoms with Crippen LogP contribution in [0.25, 0.3) is 22.1 Å². The van der Waals surface area contributed by atoms with Crippen molar-refractivity contribution in [2.75, 3.05) is 5.32 Å². The average molecular weight is 351 g/mol. The molecule has 1 aromatic heterocycles. The zero-order valence-electron chi connectivity index (χ0n) is 15.0. The van der Waals surface area contributed by atoms with E-state index in [1.165, 1.54) is 6.07 Å². The third-order valence-electron chi connectivity index (χ3n) is 4.39. The van der Waals surface area contributed by atoms with Gasteiger partial charge in [-0.3, -0.25) is 4.79 Å². The molecule has 1 unspecified atom stereocenters. The van der Waals surface area contributed by atoms with E-state index >= 15 is 0 Å². The molecule has 3 rings (SSSR count). The van der Waals surface area contributed by atoms with Gasteiger partial charge >= 0.3 is 11.6 Å². The van der Waals surface area contributed by atoms with Gasteiger partial charge in [0.25, 0.3) is 0 Å². The number of aliphatic carboxylic acids is 1. The van der Waals surface area contributed by atoms with E-state index in [1.807, 2.05) is 44.2 Å². The topological polar surface area (TPSA) is 79.5 Å². The first-order valence-electron chi connectivity index (χ1n) is 8.48. The number of aryl methyl sites for hydroxylation is 2. The number of nitrogens with one attached hydrogen (secondary N) is 1. The van der Waals surface area contributed by atoms with Gasteiger partial charge in [-0.1, -0.05) is 18.2 Å². The van der Waals surface area contributed by atoms with Crippen LogP contribution in [0.2, 0.25) is 0 Å². The van der Waals surface area contributed by atoms with Crippen LogP contribution in [0.3, 0.4) is 0 Å². The van der Waals surface area contributed by atoms with Crippen LogP contribution in [0, 0.1) is 13.8 Å². The van der Waals surface area contributed by atoms with Crippen molar-refractivity contribution in [3.63, 3.8) is 0 Å². The third kappa shape index (κ3) is 3.61. The molecule has 134 valence electrons. The van der Waals surface area contributed by atoms with E-state index in [-0.39, 0.29) is 12.5 Å². The number of benzene rings is 2. The van der Waals surface area contributed by atoms with Crippen LogP contribution < -0.4 is 10.9 Å². The molecule has 0 bridgehead atoms. The summed E-state index contributed by atoms with van der Waals surface area (Å²) < 4.78 is 5.39. The lowest BCUT2D eigenvalue weighted by Gasteiger charge is -2.15. The molecule has 0 amide bonds. The molecule has 0 saturated heterocycles. The Morgan fingerprint density at radius 2 is 1.85 bits per heavy atom. The molecule has 0 spiro atoms. The molecule has 0 aliphatic carbocycles. The third-order valence-corrected chi connectivity index (χ3v) is 4.39. The van der Waals surface area contributed by atoms with Crippen LogP contribution in [-0.4, -0.2) is 17.1 Å². The highest BCUT2D eigenvalue weighted by molar-refractivity contribution is 5.96. The summed E-state index contributed by atoms with van der Waals surface area (Å²) in [5, 5.41) is 12.9. The maximum atomic E-state index is 12.1. The maximum absolute atomic E-state index is 12.1. The number of fused-ring (bicyclic) bond motifs is 1. The minimum Gasteiger partial charge on any atom is -0.481 e. The molecular weight excluding hydrogens is 330 g/mol. The lowest BCUT2D eigenvalue weighted by atomic mass is 9.94. The molecule has 0 aliphatic rings. The Hall–Kier alpha value is -3.08. The van der Waals surface area contributed by atoms with Gasteiger partial charge in [0, 0.05) is 34.8 Å². The van der Waals surface area contributed by atoms with Crippen molar-refractivity contribution in [3.8, 4) is 11.1 Å². The first-order chi connectivity index (χ1) is 12.3. The summed E-state index contributed by atoms with van der Waals surface area (Å²) in [6, 6.07) is 12.8. The quantitative estimate of drug-likeness (QED) is 0.668. The Bertz CT molecular complexity index is 1020. The van der Waals surface area contributed by atoms with E-state index in [2.05, 4.69) is 5.32 Å². The van der Waals surface area contributed by atoms with Crippen molar-refractivity contribution >= 4 is 22.6 Å². The van der Waals surface area contributed by atoms with Crippen molar-refractivity contribution in [3.05, 3.63) is 64.0 Å². The summed E-state index contributed by atoms with van der Waals surface area (Å²) in [6.45, 7) is 5.83. The normalized spacial score (nSPS) is 12.1. The van der Waals surface area contributed by atoms with Crippen LogP contribution in [0.5, 0.6) is 0 Å². The first-order valence-corrected chi connectivity index (χ1v) is 8.48. The summed E-state index contributed by atoms with van der Waals surface area (Å²) in [7, 11) is 0. The predicted molar refractivity (Wildman–Crippen MR) is 103 cm³/mol. The number of hydrogen-bond acceptors (Lipinski definition) is 4. The Kier molecular flexibility index (Phi) is 4.80. The molecule has 26 heavy (non-hydrogen) atoms. The van der Waals surface area contributed by atoms with Gasteiger partial charge in [-0.2, -0.15) is 0 Å². The van der Waals surface area contributed by atoms with E-state index in [0.29, 0.717) is 11.3 Å². The molecular formula is C21H21NO4. The zero-order valence-corrected chi connectivity index (χ0v) is 15.0. The first kappa shape index (κ1) is 17.7. The second-order valence-electron chi connectivity index (χ2n) is 6.60. The van der Waals surface area contributed by atoms with Gasteiger partial charge in [0.05, 0.1) is 6.42 Å². The number of rotatable bonds is 5. The fourth-order valence-corrected chi connectivity index (χ4v) is 3.30. The fourth-order valence-electron chi connectivity index (χ4n) is 3.30. The summed E-state index contributed by atoms with van der Waals surface area (Å²) in [4.78, 5) is 22.9. The second kappa shape index (κ2) is 7.04. The highest BCUT2D eigenvalue weighted by Crippen LogP contribution is 2.33. The summed E-state index contributed by atoms with van der Waals surface area (Å²) in [5.74, 6) is -0.866. The predicted octanol–water partition coefficient (Wildman–Crippen LogP) is 4.35. The highest BCUT2D eigenvalue weighted by Gasteiger charge is 2.13. The van der Waals surface area contributed by atoms with E-state index in [9.17, 15) is 9.59 Å². The van der Waals surface area contributed by atoms with Gasteiger partial charge < -0.3 is 14.8 Å². The minimum absolute atomic E-state index is 0.00439. The number of anilines is 1. The molecule has 1 heterocycles. The monoisotopic (exact) mass is 351 g/mol. The van der Waals surface area contributed by atoms with Gasteiger partial charge in [-0.05, 0) is 49.6 Å². The molecule has 2 N–H and O–H groups in total. The lowest BCUT2D eigenvalue weighted by Crippen LogP contribution is -2.19. The van der Waals surface area contributed by atoms with Crippen molar-refractivity contribution in [2.45, 2.75) is 33.2 Å². The Balaban J connectivity index is 2.10. The molecule has 0 aliphatic heterocycles. The molecule has 3 aromatic rings. The Morgan fingerprint density at radius 1 is 1.15 bits per heavy atom. The van der Waals surface area contributed by atoms with Crippen molar-refractivity contribution < 1.29 is 14.3 Å². The van der Waals surface area contributed by atoms with Crippen LogP contribution >= 0.6 is 0 Å². The van der Waals surface area contributed by atoms with Crippen molar-refractivity contribution in [1.29, 1.82) is 0 Å². The van der Waals surface area contributed by atoms with Crippen LogP contribution in [0.15, 0.2) is 51.7 Å². The summed E-state index contributed by atoms with van der Waals surface area (Å²) in [5.41, 5.74) is 4.84. The van der Waals surface area contributed by atoms with E-state index in [0.717, 1.165) is 27.6 Å². The fraction of sp³-hybridized carbons (Fsp3) is 0.238. The Morgan fingerprint density at radius 3 is 2.50 bits per heavy atom. The number of carbonyl (C=O) groups is 1. The van der Waals surface area contributed by atoms with Gasteiger partial charge in [0.2, 0.25) is 0 Å².